The minimum atomic E-state index is -0.0414. The third kappa shape index (κ3) is 12.5. The summed E-state index contributed by atoms with van der Waals surface area (Å²) in [6.45, 7) is 2.60. The first-order chi connectivity index (χ1) is 16.3. The Morgan fingerprint density at radius 1 is 0.758 bits per heavy atom. The number of nitrogens with one attached hydrogen (secondary N) is 1. The molecule has 1 atom stereocenters. The van der Waals surface area contributed by atoms with E-state index in [2.05, 4.69) is 36.5 Å². The van der Waals surface area contributed by atoms with Crippen LogP contribution in [0.4, 0.5) is 0 Å². The molecule has 2 aromatic carbocycles. The molecule has 0 radical (unpaired) electrons. The van der Waals surface area contributed by atoms with Crippen molar-refractivity contribution in [3.8, 4) is 0 Å². The first kappa shape index (κ1) is 26.2. The molecular formula is C30H39NO2. The molecule has 0 fully saturated rings. The van der Waals surface area contributed by atoms with Gasteiger partial charge in [0.1, 0.15) is 6.61 Å². The molecule has 1 aliphatic rings. The van der Waals surface area contributed by atoms with Gasteiger partial charge in [0.15, 0.2) is 0 Å². The van der Waals surface area contributed by atoms with Gasteiger partial charge in [-0.15, -0.1) is 0 Å². The number of hydrogen-bond acceptors (Lipinski definition) is 3. The van der Waals surface area contributed by atoms with Crippen molar-refractivity contribution in [2.45, 2.75) is 64.9 Å². The largest absolute Gasteiger partial charge is 0.461 e. The number of rotatable bonds is 12. The van der Waals surface area contributed by atoms with E-state index in [0.29, 0.717) is 6.61 Å². The lowest BCUT2D eigenvalue weighted by molar-refractivity contribution is -0.150. The number of hydrogen-bond donors (Lipinski definition) is 1. The standard InChI is InChI=1S/C24H32O2.C6H7N/c1-2-3-4-5-12-17-23(19-18-21-13-8-6-9-14-21)24(25)26-20-22-15-10-7-11-16-22;1-2-4-6-7-5-3-1/h6-11,13-16,23H,2-5,12,17-20H2,1H3;1-7H. The zero-order valence-corrected chi connectivity index (χ0v) is 20.0. The van der Waals surface area contributed by atoms with Crippen LogP contribution in [-0.2, 0) is 22.6 Å². The Bertz CT molecular complexity index is 826. The molecule has 1 unspecified atom stereocenters. The maximum Gasteiger partial charge on any atom is 0.309 e. The van der Waals surface area contributed by atoms with Crippen LogP contribution < -0.4 is 5.32 Å². The van der Waals surface area contributed by atoms with Crippen molar-refractivity contribution in [2.75, 3.05) is 0 Å². The Hall–Kier alpha value is -3.07. The number of carbonyl (C=O) groups excluding carboxylic acids is 1. The fraction of sp³-hybridized carbons (Fsp3) is 0.367. The van der Waals surface area contributed by atoms with E-state index >= 15 is 0 Å². The summed E-state index contributed by atoms with van der Waals surface area (Å²) in [5, 5.41) is 2.92. The van der Waals surface area contributed by atoms with Gasteiger partial charge in [-0.05, 0) is 42.5 Å². The highest BCUT2D eigenvalue weighted by molar-refractivity contribution is 5.72. The van der Waals surface area contributed by atoms with E-state index in [9.17, 15) is 4.79 Å². The smallest absolute Gasteiger partial charge is 0.309 e. The summed E-state index contributed by atoms with van der Waals surface area (Å²) in [6.07, 6.45) is 20.4. The summed E-state index contributed by atoms with van der Waals surface area (Å²) in [6, 6.07) is 20.3. The lowest BCUT2D eigenvalue weighted by Crippen LogP contribution is -2.18. The van der Waals surface area contributed by atoms with Crippen LogP contribution in [0.2, 0.25) is 0 Å². The van der Waals surface area contributed by atoms with Gasteiger partial charge in [-0.25, -0.2) is 0 Å². The zero-order valence-electron chi connectivity index (χ0n) is 20.0. The van der Waals surface area contributed by atoms with E-state index in [-0.39, 0.29) is 11.9 Å². The van der Waals surface area contributed by atoms with Crippen LogP contribution in [0.1, 0.15) is 63.0 Å². The molecule has 0 saturated carbocycles. The van der Waals surface area contributed by atoms with Gasteiger partial charge in [0.05, 0.1) is 5.92 Å². The van der Waals surface area contributed by atoms with Crippen molar-refractivity contribution < 1.29 is 9.53 Å². The van der Waals surface area contributed by atoms with Crippen molar-refractivity contribution in [3.05, 3.63) is 108 Å². The highest BCUT2D eigenvalue weighted by atomic mass is 16.5. The Kier molecular flexibility index (Phi) is 13.9. The number of ether oxygens (including phenoxy) is 1. The second-order valence-corrected chi connectivity index (χ2v) is 8.29. The molecule has 0 spiro atoms. The second-order valence-electron chi connectivity index (χ2n) is 8.29. The van der Waals surface area contributed by atoms with Crippen molar-refractivity contribution in [2.24, 2.45) is 5.92 Å². The van der Waals surface area contributed by atoms with Gasteiger partial charge in [0.25, 0.3) is 0 Å². The van der Waals surface area contributed by atoms with Crippen LogP contribution >= 0.6 is 0 Å². The molecule has 0 bridgehead atoms. The van der Waals surface area contributed by atoms with Gasteiger partial charge >= 0.3 is 5.97 Å². The number of unbranched alkanes of at least 4 members (excludes halogenated alkanes) is 4. The van der Waals surface area contributed by atoms with Gasteiger partial charge in [0.2, 0.25) is 0 Å². The van der Waals surface area contributed by atoms with Crippen LogP contribution in [0, 0.1) is 5.92 Å². The van der Waals surface area contributed by atoms with Gasteiger partial charge in [-0.3, -0.25) is 4.79 Å². The van der Waals surface area contributed by atoms with Crippen molar-refractivity contribution >= 4 is 5.97 Å². The minimum Gasteiger partial charge on any atom is -0.461 e. The van der Waals surface area contributed by atoms with Crippen molar-refractivity contribution in [1.29, 1.82) is 0 Å². The summed E-state index contributed by atoms with van der Waals surface area (Å²) in [5.41, 5.74) is 2.34. The van der Waals surface area contributed by atoms with Crippen molar-refractivity contribution in [1.82, 2.24) is 5.32 Å². The van der Waals surface area contributed by atoms with E-state index in [1.807, 2.05) is 73.1 Å². The number of benzene rings is 2. The molecule has 0 aliphatic carbocycles. The lowest BCUT2D eigenvalue weighted by atomic mass is 9.93. The number of carbonyl (C=O) groups is 1. The SMILES string of the molecule is C1=CC=CNC=C1.CCCCCCCC(CCc1ccccc1)C(=O)OCc1ccccc1. The lowest BCUT2D eigenvalue weighted by Gasteiger charge is -2.16. The van der Waals surface area contributed by atoms with E-state index in [1.165, 1.54) is 31.2 Å². The molecule has 0 amide bonds. The highest BCUT2D eigenvalue weighted by Gasteiger charge is 2.19. The molecule has 0 saturated heterocycles. The predicted molar refractivity (Wildman–Crippen MR) is 138 cm³/mol. The van der Waals surface area contributed by atoms with Crippen molar-refractivity contribution in [3.63, 3.8) is 0 Å². The quantitative estimate of drug-likeness (QED) is 0.271. The molecule has 1 aliphatic heterocycles. The first-order valence-corrected chi connectivity index (χ1v) is 12.3. The summed E-state index contributed by atoms with van der Waals surface area (Å²) in [7, 11) is 0. The molecule has 2 aromatic rings. The van der Waals surface area contributed by atoms with E-state index in [1.54, 1.807) is 0 Å². The summed E-state index contributed by atoms with van der Waals surface area (Å²) >= 11 is 0. The third-order valence-electron chi connectivity index (χ3n) is 5.56. The van der Waals surface area contributed by atoms with Crippen LogP contribution in [-0.4, -0.2) is 5.97 Å². The van der Waals surface area contributed by atoms with Gasteiger partial charge < -0.3 is 10.1 Å². The number of esters is 1. The fourth-order valence-electron chi connectivity index (χ4n) is 3.61. The number of allylic oxidation sites excluding steroid dienone is 4. The third-order valence-corrected chi connectivity index (χ3v) is 5.56. The fourth-order valence-corrected chi connectivity index (χ4v) is 3.61. The predicted octanol–water partition coefficient (Wildman–Crippen LogP) is 7.51. The maximum atomic E-state index is 12.6. The zero-order chi connectivity index (χ0) is 23.4. The maximum absolute atomic E-state index is 12.6. The Morgan fingerprint density at radius 3 is 2.00 bits per heavy atom. The first-order valence-electron chi connectivity index (χ1n) is 12.3. The van der Waals surface area contributed by atoms with Gasteiger partial charge in [-0.1, -0.05) is 112 Å². The average molecular weight is 446 g/mol. The second kappa shape index (κ2) is 17.5. The topological polar surface area (TPSA) is 38.3 Å². The summed E-state index contributed by atoms with van der Waals surface area (Å²) in [4.78, 5) is 12.6. The molecular weight excluding hydrogens is 406 g/mol. The molecule has 1 heterocycles. The van der Waals surface area contributed by atoms with Gasteiger partial charge in [-0.2, -0.15) is 0 Å². The van der Waals surface area contributed by atoms with E-state index in [0.717, 1.165) is 31.2 Å². The summed E-state index contributed by atoms with van der Waals surface area (Å²) < 4.78 is 5.62. The Morgan fingerprint density at radius 2 is 1.36 bits per heavy atom. The molecule has 0 aromatic heterocycles. The van der Waals surface area contributed by atoms with Crippen LogP contribution in [0.25, 0.3) is 0 Å². The number of aryl methyl sites for hydroxylation is 1. The van der Waals surface area contributed by atoms with E-state index in [4.69, 9.17) is 4.74 Å². The Labute approximate surface area is 200 Å². The van der Waals surface area contributed by atoms with Crippen LogP contribution in [0.3, 0.4) is 0 Å². The molecule has 176 valence electrons. The van der Waals surface area contributed by atoms with Gasteiger partial charge in [0, 0.05) is 12.4 Å². The molecule has 1 N–H and O–H groups in total. The minimum absolute atomic E-state index is 0.000505. The highest BCUT2D eigenvalue weighted by Crippen LogP contribution is 2.20. The normalized spacial score (nSPS) is 12.8. The molecule has 3 nitrogen and oxygen atoms in total. The van der Waals surface area contributed by atoms with Crippen LogP contribution in [0.5, 0.6) is 0 Å². The average Bonchev–Trinajstić information content (AvgIpc) is 3.19. The molecule has 33 heavy (non-hydrogen) atoms. The van der Waals surface area contributed by atoms with Crippen LogP contribution in [0.15, 0.2) is 97.4 Å². The Balaban J connectivity index is 0.000000468. The molecule has 3 heteroatoms. The molecule has 3 rings (SSSR count). The summed E-state index contributed by atoms with van der Waals surface area (Å²) in [5.74, 6) is -0.0409. The monoisotopic (exact) mass is 445 g/mol. The van der Waals surface area contributed by atoms with E-state index < -0.39 is 0 Å².